The summed E-state index contributed by atoms with van der Waals surface area (Å²) in [5, 5.41) is 18.5. The molecule has 1 fully saturated rings. The molecule has 0 saturated carbocycles. The van der Waals surface area contributed by atoms with Gasteiger partial charge in [0.1, 0.15) is 0 Å². The molecule has 0 aromatic heterocycles. The minimum atomic E-state index is -3.77. The van der Waals surface area contributed by atoms with E-state index in [1.54, 1.807) is 13.0 Å². The fourth-order valence-electron chi connectivity index (χ4n) is 2.36. The van der Waals surface area contributed by atoms with Crippen molar-refractivity contribution in [2.24, 2.45) is 5.41 Å². The summed E-state index contributed by atoms with van der Waals surface area (Å²) < 4.78 is 30.8. The molecule has 122 valence electrons. The van der Waals surface area contributed by atoms with Crippen LogP contribution in [0.15, 0.2) is 23.1 Å². The van der Waals surface area contributed by atoms with Gasteiger partial charge in [-0.3, -0.25) is 0 Å². The van der Waals surface area contributed by atoms with Gasteiger partial charge >= 0.3 is 5.97 Å². The second-order valence-electron chi connectivity index (χ2n) is 5.56. The van der Waals surface area contributed by atoms with Gasteiger partial charge in [-0.15, -0.1) is 0 Å². The first kappa shape index (κ1) is 16.9. The van der Waals surface area contributed by atoms with Gasteiger partial charge in [0.2, 0.25) is 10.0 Å². The van der Waals surface area contributed by atoms with Crippen molar-refractivity contribution in [3.05, 3.63) is 29.3 Å². The number of aliphatic hydroxyl groups is 2. The van der Waals surface area contributed by atoms with E-state index in [-0.39, 0.29) is 36.8 Å². The molecule has 1 saturated heterocycles. The van der Waals surface area contributed by atoms with Crippen LogP contribution in [-0.2, 0) is 14.8 Å². The lowest BCUT2D eigenvalue weighted by Gasteiger charge is -2.46. The molecule has 1 aliphatic rings. The van der Waals surface area contributed by atoms with Gasteiger partial charge in [-0.1, -0.05) is 6.07 Å². The number of carbonyl (C=O) groups is 1. The van der Waals surface area contributed by atoms with Crippen LogP contribution in [0.3, 0.4) is 0 Å². The van der Waals surface area contributed by atoms with E-state index in [0.29, 0.717) is 5.56 Å². The smallest absolute Gasteiger partial charge is 0.338 e. The van der Waals surface area contributed by atoms with E-state index in [1.165, 1.54) is 23.5 Å². The molecule has 1 aromatic rings. The standard InChI is InChI=1S/C14H19NO6S/c1-10-3-4-11(5-12(10)13(18)21-2)22(19,20)15-6-14(7-15,8-16)9-17/h3-5,16-17H,6-9H2,1-2H3. The van der Waals surface area contributed by atoms with E-state index < -0.39 is 21.4 Å². The molecule has 1 aromatic carbocycles. The molecular formula is C14H19NO6S. The van der Waals surface area contributed by atoms with Gasteiger partial charge in [-0.2, -0.15) is 4.31 Å². The summed E-state index contributed by atoms with van der Waals surface area (Å²) in [6.07, 6.45) is 0. The molecule has 0 unspecified atom stereocenters. The highest BCUT2D eigenvalue weighted by atomic mass is 32.2. The summed E-state index contributed by atoms with van der Waals surface area (Å²) in [6.45, 7) is 1.22. The second-order valence-corrected chi connectivity index (χ2v) is 7.50. The third-order valence-electron chi connectivity index (χ3n) is 3.95. The van der Waals surface area contributed by atoms with Crippen LogP contribution in [0.25, 0.3) is 0 Å². The number of sulfonamides is 1. The van der Waals surface area contributed by atoms with Crippen LogP contribution >= 0.6 is 0 Å². The molecule has 0 spiro atoms. The van der Waals surface area contributed by atoms with Crippen LogP contribution in [0.4, 0.5) is 0 Å². The molecule has 0 atom stereocenters. The molecule has 8 heteroatoms. The molecule has 7 nitrogen and oxygen atoms in total. The number of methoxy groups -OCH3 is 1. The van der Waals surface area contributed by atoms with Gasteiger partial charge in [0.05, 0.1) is 30.8 Å². The number of ether oxygens (including phenoxy) is 1. The Hall–Kier alpha value is -1.48. The minimum absolute atomic E-state index is 0.0111. The second kappa shape index (κ2) is 5.96. The Morgan fingerprint density at radius 1 is 1.32 bits per heavy atom. The van der Waals surface area contributed by atoms with Crippen molar-refractivity contribution in [2.75, 3.05) is 33.4 Å². The zero-order valence-electron chi connectivity index (χ0n) is 12.4. The maximum absolute atomic E-state index is 12.5. The molecule has 1 aliphatic heterocycles. The number of hydrogen-bond acceptors (Lipinski definition) is 6. The molecule has 0 bridgehead atoms. The topological polar surface area (TPSA) is 104 Å². The van der Waals surface area contributed by atoms with E-state index >= 15 is 0 Å². The summed E-state index contributed by atoms with van der Waals surface area (Å²) in [7, 11) is -2.54. The zero-order chi connectivity index (χ0) is 16.5. The first-order chi connectivity index (χ1) is 10.3. The van der Waals surface area contributed by atoms with Gasteiger partial charge in [0.15, 0.2) is 0 Å². The lowest BCUT2D eigenvalue weighted by Crippen LogP contribution is -2.61. The first-order valence-corrected chi connectivity index (χ1v) is 8.14. The molecular weight excluding hydrogens is 310 g/mol. The van der Waals surface area contributed by atoms with Gasteiger partial charge in [0, 0.05) is 18.5 Å². The van der Waals surface area contributed by atoms with Gasteiger partial charge in [-0.05, 0) is 24.6 Å². The molecule has 22 heavy (non-hydrogen) atoms. The van der Waals surface area contributed by atoms with Crippen molar-refractivity contribution < 1.29 is 28.2 Å². The van der Waals surface area contributed by atoms with Crippen molar-refractivity contribution in [3.63, 3.8) is 0 Å². The number of hydrogen-bond donors (Lipinski definition) is 2. The number of esters is 1. The number of nitrogens with zero attached hydrogens (tertiary/aromatic N) is 1. The van der Waals surface area contributed by atoms with Crippen LogP contribution in [0, 0.1) is 12.3 Å². The summed E-state index contributed by atoms with van der Waals surface area (Å²) in [6, 6.07) is 4.26. The summed E-state index contributed by atoms with van der Waals surface area (Å²) in [5.41, 5.74) is 0.0253. The van der Waals surface area contributed by atoms with Crippen LogP contribution in [-0.4, -0.2) is 62.3 Å². The maximum Gasteiger partial charge on any atom is 0.338 e. The Morgan fingerprint density at radius 3 is 2.41 bits per heavy atom. The maximum atomic E-state index is 12.5. The number of carbonyl (C=O) groups excluding carboxylic acids is 1. The van der Waals surface area contributed by atoms with E-state index in [4.69, 9.17) is 0 Å². The Labute approximate surface area is 129 Å². The molecule has 0 radical (unpaired) electrons. The van der Waals surface area contributed by atoms with E-state index in [0.717, 1.165) is 0 Å². The predicted octanol–water partition coefficient (Wildman–Crippen LogP) is -0.243. The van der Waals surface area contributed by atoms with Crippen LogP contribution in [0.5, 0.6) is 0 Å². The SMILES string of the molecule is COC(=O)c1cc(S(=O)(=O)N2CC(CO)(CO)C2)ccc1C. The summed E-state index contributed by atoms with van der Waals surface area (Å²) in [5.74, 6) is -0.599. The van der Waals surface area contributed by atoms with Crippen molar-refractivity contribution in [3.8, 4) is 0 Å². The van der Waals surface area contributed by atoms with Crippen molar-refractivity contribution in [2.45, 2.75) is 11.8 Å². The Morgan fingerprint density at radius 2 is 1.91 bits per heavy atom. The molecule has 2 N–H and O–H groups in total. The number of aliphatic hydroxyl groups excluding tert-OH is 2. The summed E-state index contributed by atoms with van der Waals surface area (Å²) >= 11 is 0. The van der Waals surface area contributed by atoms with Crippen molar-refractivity contribution in [1.29, 1.82) is 0 Å². The molecule has 1 heterocycles. The predicted molar refractivity (Wildman–Crippen MR) is 77.9 cm³/mol. The lowest BCUT2D eigenvalue weighted by molar-refractivity contribution is -0.0350. The Kier molecular flexibility index (Phi) is 4.57. The monoisotopic (exact) mass is 329 g/mol. The number of aryl methyl sites for hydroxylation is 1. The van der Waals surface area contributed by atoms with Crippen LogP contribution in [0.1, 0.15) is 15.9 Å². The van der Waals surface area contributed by atoms with Crippen molar-refractivity contribution in [1.82, 2.24) is 4.31 Å². The first-order valence-electron chi connectivity index (χ1n) is 6.70. The van der Waals surface area contributed by atoms with Crippen LogP contribution < -0.4 is 0 Å². The Bertz CT molecular complexity index is 673. The zero-order valence-corrected chi connectivity index (χ0v) is 13.3. The normalized spacial score (nSPS) is 17.8. The van der Waals surface area contributed by atoms with E-state index in [1.807, 2.05) is 0 Å². The highest BCUT2D eigenvalue weighted by Gasteiger charge is 2.47. The quantitative estimate of drug-likeness (QED) is 0.722. The number of rotatable bonds is 5. The largest absolute Gasteiger partial charge is 0.465 e. The highest BCUT2D eigenvalue weighted by molar-refractivity contribution is 7.89. The minimum Gasteiger partial charge on any atom is -0.465 e. The van der Waals surface area contributed by atoms with Gasteiger partial charge in [-0.25, -0.2) is 13.2 Å². The molecule has 2 rings (SSSR count). The van der Waals surface area contributed by atoms with Gasteiger partial charge in [0.25, 0.3) is 0 Å². The van der Waals surface area contributed by atoms with E-state index in [9.17, 15) is 23.4 Å². The van der Waals surface area contributed by atoms with E-state index in [2.05, 4.69) is 4.74 Å². The average molecular weight is 329 g/mol. The Balaban J connectivity index is 2.30. The summed E-state index contributed by atoms with van der Waals surface area (Å²) in [4.78, 5) is 11.7. The van der Waals surface area contributed by atoms with Gasteiger partial charge < -0.3 is 14.9 Å². The molecule has 0 amide bonds. The lowest BCUT2D eigenvalue weighted by atomic mass is 9.84. The number of benzene rings is 1. The fraction of sp³-hybridized carbons (Fsp3) is 0.500. The van der Waals surface area contributed by atoms with Crippen LogP contribution in [0.2, 0.25) is 0 Å². The third kappa shape index (κ3) is 2.74. The molecule has 0 aliphatic carbocycles. The average Bonchev–Trinajstić information content (AvgIpc) is 2.46. The van der Waals surface area contributed by atoms with Crippen molar-refractivity contribution >= 4 is 16.0 Å². The highest BCUT2D eigenvalue weighted by Crippen LogP contribution is 2.34. The third-order valence-corrected chi connectivity index (χ3v) is 5.73. The fourth-order valence-corrected chi connectivity index (χ4v) is 4.05.